The molecular weight excluding hydrogens is 396 g/mol. The zero-order valence-electron chi connectivity index (χ0n) is 14.5. The second-order valence-corrected chi connectivity index (χ2v) is 7.87. The predicted octanol–water partition coefficient (Wildman–Crippen LogP) is 1.78. The standard InChI is InChI=1S/C16H17ClN4O5S/c1-3-12-15(22)18-11-7-9(5-6-13(11)26-12)27(24,25)20-16(23)14-10(17)8-21(4-2)19-14/h5-8,12H,3-4H2,1-2H3,(H,18,22)(H,20,23)/t12-/m0/s1. The number of hydrogen-bond acceptors (Lipinski definition) is 6. The zero-order valence-corrected chi connectivity index (χ0v) is 16.1. The maximum atomic E-state index is 12.5. The summed E-state index contributed by atoms with van der Waals surface area (Å²) in [6.45, 7) is 4.08. The monoisotopic (exact) mass is 412 g/mol. The van der Waals surface area contributed by atoms with Gasteiger partial charge in [-0.05, 0) is 31.5 Å². The number of amides is 2. The van der Waals surface area contributed by atoms with Crippen LogP contribution in [0.4, 0.5) is 5.69 Å². The van der Waals surface area contributed by atoms with Crippen molar-refractivity contribution in [2.75, 3.05) is 5.32 Å². The molecule has 1 aliphatic rings. The first-order valence-electron chi connectivity index (χ1n) is 8.16. The lowest BCUT2D eigenvalue weighted by molar-refractivity contribution is -0.123. The second-order valence-electron chi connectivity index (χ2n) is 5.78. The molecule has 0 saturated carbocycles. The molecule has 11 heteroatoms. The molecule has 1 aromatic heterocycles. The molecule has 0 spiro atoms. The van der Waals surface area contributed by atoms with Gasteiger partial charge in [0.25, 0.3) is 21.8 Å². The number of fused-ring (bicyclic) bond motifs is 1. The summed E-state index contributed by atoms with van der Waals surface area (Å²) in [4.78, 5) is 24.0. The van der Waals surface area contributed by atoms with E-state index in [1.54, 1.807) is 13.8 Å². The van der Waals surface area contributed by atoms with Crippen molar-refractivity contribution in [2.24, 2.45) is 0 Å². The topological polar surface area (TPSA) is 119 Å². The molecule has 1 atom stereocenters. The Hall–Kier alpha value is -2.59. The molecule has 3 rings (SSSR count). The van der Waals surface area contributed by atoms with Gasteiger partial charge >= 0.3 is 0 Å². The third-order valence-corrected chi connectivity index (χ3v) is 5.54. The molecule has 9 nitrogen and oxygen atoms in total. The van der Waals surface area contributed by atoms with E-state index in [0.29, 0.717) is 18.7 Å². The number of halogens is 1. The highest BCUT2D eigenvalue weighted by atomic mass is 35.5. The lowest BCUT2D eigenvalue weighted by atomic mass is 10.2. The maximum absolute atomic E-state index is 12.5. The third-order valence-electron chi connectivity index (χ3n) is 3.93. The highest BCUT2D eigenvalue weighted by Gasteiger charge is 2.29. The van der Waals surface area contributed by atoms with Crippen molar-refractivity contribution in [1.82, 2.24) is 14.5 Å². The van der Waals surface area contributed by atoms with Gasteiger partial charge in [0.15, 0.2) is 11.8 Å². The molecule has 2 aromatic rings. The zero-order chi connectivity index (χ0) is 19.8. The molecule has 0 saturated heterocycles. The van der Waals surface area contributed by atoms with Crippen LogP contribution in [0.3, 0.4) is 0 Å². The van der Waals surface area contributed by atoms with Crippen LogP contribution in [0, 0.1) is 0 Å². The van der Waals surface area contributed by atoms with Crippen LogP contribution < -0.4 is 14.8 Å². The number of anilines is 1. The SMILES string of the molecule is CC[C@@H]1Oc2ccc(S(=O)(=O)NC(=O)c3nn(CC)cc3Cl)cc2NC1=O. The van der Waals surface area contributed by atoms with Crippen LogP contribution in [0.25, 0.3) is 0 Å². The van der Waals surface area contributed by atoms with E-state index in [4.69, 9.17) is 16.3 Å². The molecule has 0 radical (unpaired) electrons. The molecule has 2 N–H and O–H groups in total. The van der Waals surface area contributed by atoms with Crippen molar-refractivity contribution in [3.8, 4) is 5.75 Å². The summed E-state index contributed by atoms with van der Waals surface area (Å²) >= 11 is 5.93. The van der Waals surface area contributed by atoms with E-state index in [0.717, 1.165) is 0 Å². The molecule has 0 aliphatic carbocycles. The summed E-state index contributed by atoms with van der Waals surface area (Å²) in [6.07, 6.45) is 1.28. The summed E-state index contributed by atoms with van der Waals surface area (Å²) in [5.41, 5.74) is 0.0239. The highest BCUT2D eigenvalue weighted by Crippen LogP contribution is 2.32. The number of aromatic nitrogens is 2. The smallest absolute Gasteiger partial charge is 0.287 e. The lowest BCUT2D eigenvalue weighted by Crippen LogP contribution is -2.36. The van der Waals surface area contributed by atoms with E-state index < -0.39 is 22.0 Å². The largest absolute Gasteiger partial charge is 0.478 e. The minimum atomic E-state index is -4.21. The molecule has 1 aliphatic heterocycles. The molecule has 0 fully saturated rings. The van der Waals surface area contributed by atoms with Crippen LogP contribution in [0.2, 0.25) is 5.02 Å². The maximum Gasteiger partial charge on any atom is 0.287 e. The normalized spacial score (nSPS) is 16.3. The molecule has 0 bridgehead atoms. The minimum absolute atomic E-state index is 0.0428. The summed E-state index contributed by atoms with van der Waals surface area (Å²) < 4.78 is 33.9. The Labute approximate surface area is 160 Å². The quantitative estimate of drug-likeness (QED) is 0.772. The van der Waals surface area contributed by atoms with Gasteiger partial charge in [0.2, 0.25) is 0 Å². The van der Waals surface area contributed by atoms with Crippen LogP contribution >= 0.6 is 11.6 Å². The van der Waals surface area contributed by atoms with Crippen LogP contribution in [-0.2, 0) is 21.4 Å². The summed E-state index contributed by atoms with van der Waals surface area (Å²) in [7, 11) is -4.21. The second kappa shape index (κ2) is 7.20. The number of sulfonamides is 1. The highest BCUT2D eigenvalue weighted by molar-refractivity contribution is 7.90. The van der Waals surface area contributed by atoms with Crippen molar-refractivity contribution >= 4 is 39.1 Å². The fourth-order valence-corrected chi connectivity index (χ4v) is 3.72. The summed E-state index contributed by atoms with van der Waals surface area (Å²) in [6, 6.07) is 3.93. The van der Waals surface area contributed by atoms with Gasteiger partial charge in [0.05, 0.1) is 15.6 Å². The van der Waals surface area contributed by atoms with Crippen molar-refractivity contribution < 1.29 is 22.7 Å². The first-order valence-corrected chi connectivity index (χ1v) is 10.0. The molecule has 27 heavy (non-hydrogen) atoms. The predicted molar refractivity (Wildman–Crippen MR) is 97.3 cm³/mol. The average Bonchev–Trinajstić information content (AvgIpc) is 3.01. The number of ether oxygens (including phenoxy) is 1. The fourth-order valence-electron chi connectivity index (χ4n) is 2.51. The van der Waals surface area contributed by atoms with E-state index in [2.05, 4.69) is 10.4 Å². The van der Waals surface area contributed by atoms with Gasteiger partial charge in [-0.2, -0.15) is 5.10 Å². The third kappa shape index (κ3) is 3.76. The Morgan fingerprint density at radius 1 is 1.41 bits per heavy atom. The van der Waals surface area contributed by atoms with E-state index >= 15 is 0 Å². The first kappa shape index (κ1) is 19.2. The Balaban J connectivity index is 1.85. The average molecular weight is 413 g/mol. The molecule has 1 aromatic carbocycles. The van der Waals surface area contributed by atoms with E-state index in [9.17, 15) is 18.0 Å². The number of carbonyl (C=O) groups is 2. The Bertz CT molecular complexity index is 1020. The first-order chi connectivity index (χ1) is 12.7. The number of rotatable bonds is 5. The number of nitrogens with one attached hydrogen (secondary N) is 2. The van der Waals surface area contributed by atoms with Crippen molar-refractivity contribution in [3.63, 3.8) is 0 Å². The van der Waals surface area contributed by atoms with Crippen molar-refractivity contribution in [3.05, 3.63) is 35.1 Å². The van der Waals surface area contributed by atoms with Crippen LogP contribution in [-0.4, -0.2) is 36.1 Å². The van der Waals surface area contributed by atoms with Gasteiger partial charge < -0.3 is 10.1 Å². The van der Waals surface area contributed by atoms with Crippen LogP contribution in [0.15, 0.2) is 29.3 Å². The molecule has 0 unspecified atom stereocenters. The fraction of sp³-hybridized carbons (Fsp3) is 0.312. The van der Waals surface area contributed by atoms with E-state index in [-0.39, 0.29) is 27.2 Å². The number of nitrogens with zero attached hydrogens (tertiary/aromatic N) is 2. The summed E-state index contributed by atoms with van der Waals surface area (Å²) in [5, 5.41) is 6.58. The molecule has 2 amide bonds. The minimum Gasteiger partial charge on any atom is -0.478 e. The number of aryl methyl sites for hydroxylation is 1. The van der Waals surface area contributed by atoms with Crippen molar-refractivity contribution in [1.29, 1.82) is 0 Å². The van der Waals surface area contributed by atoms with E-state index in [1.165, 1.54) is 29.1 Å². The van der Waals surface area contributed by atoms with Gasteiger partial charge in [-0.15, -0.1) is 0 Å². The molecular formula is C16H17ClN4O5S. The number of hydrogen-bond donors (Lipinski definition) is 2. The Morgan fingerprint density at radius 3 is 2.78 bits per heavy atom. The van der Waals surface area contributed by atoms with Gasteiger partial charge in [0, 0.05) is 12.7 Å². The number of benzene rings is 1. The van der Waals surface area contributed by atoms with Gasteiger partial charge in [-0.1, -0.05) is 18.5 Å². The Morgan fingerprint density at radius 2 is 2.15 bits per heavy atom. The number of carbonyl (C=O) groups excluding carboxylic acids is 2. The lowest BCUT2D eigenvalue weighted by Gasteiger charge is -2.25. The van der Waals surface area contributed by atoms with Gasteiger partial charge in [0.1, 0.15) is 5.75 Å². The molecule has 2 heterocycles. The van der Waals surface area contributed by atoms with E-state index in [1.807, 2.05) is 4.72 Å². The van der Waals surface area contributed by atoms with Gasteiger partial charge in [-0.25, -0.2) is 13.1 Å². The van der Waals surface area contributed by atoms with Crippen molar-refractivity contribution in [2.45, 2.75) is 37.8 Å². The van der Waals surface area contributed by atoms with Crippen LogP contribution in [0.5, 0.6) is 5.75 Å². The van der Waals surface area contributed by atoms with Crippen LogP contribution in [0.1, 0.15) is 30.8 Å². The Kier molecular flexibility index (Phi) is 5.11. The molecule has 144 valence electrons. The summed E-state index contributed by atoms with van der Waals surface area (Å²) in [5.74, 6) is -0.951. The van der Waals surface area contributed by atoms with Gasteiger partial charge in [-0.3, -0.25) is 14.3 Å².